The summed E-state index contributed by atoms with van der Waals surface area (Å²) in [6, 6.07) is 16.4. The van der Waals surface area contributed by atoms with Crippen molar-refractivity contribution in [1.29, 1.82) is 0 Å². The monoisotopic (exact) mass is 239 g/mol. The molecular weight excluding hydrogens is 228 g/mol. The van der Waals surface area contributed by atoms with Gasteiger partial charge < -0.3 is 0 Å². The molecule has 1 aliphatic carbocycles. The number of hydrogen-bond donors (Lipinski definition) is 0. The Morgan fingerprint density at radius 2 is 1.50 bits per heavy atom. The van der Waals surface area contributed by atoms with E-state index in [4.69, 9.17) is 4.89 Å². The average molecular weight is 239 g/mol. The molecule has 0 N–H and O–H groups in total. The standard InChI is InChI=1S/C15H11O3/c16-10-18-17-9-15-13-7-3-1-5-11(13)12-6-2-4-8-14(12)15/h1-8,15H,9H2. The fraction of sp³-hybridized carbons (Fsp3) is 0.133. The van der Waals surface area contributed by atoms with E-state index in [-0.39, 0.29) is 5.92 Å². The number of hydrogen-bond acceptors (Lipinski definition) is 3. The minimum absolute atomic E-state index is 0.103. The van der Waals surface area contributed by atoms with E-state index in [1.165, 1.54) is 28.7 Å². The maximum absolute atomic E-state index is 10.00. The van der Waals surface area contributed by atoms with Crippen molar-refractivity contribution >= 4 is 6.47 Å². The predicted octanol–water partition coefficient (Wildman–Crippen LogP) is 2.81. The zero-order valence-corrected chi connectivity index (χ0v) is 9.63. The van der Waals surface area contributed by atoms with Crippen molar-refractivity contribution in [2.45, 2.75) is 5.92 Å². The summed E-state index contributed by atoms with van der Waals surface area (Å²) in [5, 5.41) is 0. The second-order valence-electron chi connectivity index (χ2n) is 4.18. The third-order valence-corrected chi connectivity index (χ3v) is 3.29. The van der Waals surface area contributed by atoms with Crippen molar-refractivity contribution in [3.05, 3.63) is 59.7 Å². The lowest BCUT2D eigenvalue weighted by Crippen LogP contribution is -2.06. The summed E-state index contributed by atoms with van der Waals surface area (Å²) >= 11 is 0. The molecule has 0 aromatic heterocycles. The summed E-state index contributed by atoms with van der Waals surface area (Å²) in [5.74, 6) is 0.103. The molecule has 0 atom stereocenters. The molecule has 0 saturated carbocycles. The van der Waals surface area contributed by atoms with E-state index in [9.17, 15) is 4.79 Å². The van der Waals surface area contributed by atoms with E-state index in [0.717, 1.165) is 0 Å². The Bertz CT molecular complexity index is 532. The predicted molar refractivity (Wildman–Crippen MR) is 66.5 cm³/mol. The molecule has 0 bridgehead atoms. The lowest BCUT2D eigenvalue weighted by Gasteiger charge is -2.11. The number of rotatable bonds is 4. The minimum Gasteiger partial charge on any atom is -0.285 e. The Morgan fingerprint density at radius 3 is 2.06 bits per heavy atom. The number of fused-ring (bicyclic) bond motifs is 3. The summed E-state index contributed by atoms with van der Waals surface area (Å²) in [5.41, 5.74) is 4.84. The molecule has 0 amide bonds. The van der Waals surface area contributed by atoms with Crippen LogP contribution in [0, 0.1) is 0 Å². The van der Waals surface area contributed by atoms with E-state index in [0.29, 0.717) is 6.61 Å². The molecule has 2 aromatic rings. The summed E-state index contributed by atoms with van der Waals surface area (Å²) in [7, 11) is 0. The molecule has 3 heteroatoms. The summed E-state index contributed by atoms with van der Waals surface area (Å²) in [6.07, 6.45) is 0. The maximum atomic E-state index is 10.00. The van der Waals surface area contributed by atoms with Gasteiger partial charge in [0, 0.05) is 5.92 Å². The van der Waals surface area contributed by atoms with Crippen LogP contribution in [0.3, 0.4) is 0 Å². The Hall–Kier alpha value is -2.13. The highest BCUT2D eigenvalue weighted by atomic mass is 17.2. The first-order chi connectivity index (χ1) is 8.92. The van der Waals surface area contributed by atoms with Crippen molar-refractivity contribution in [1.82, 2.24) is 0 Å². The van der Waals surface area contributed by atoms with Crippen molar-refractivity contribution in [2.24, 2.45) is 0 Å². The Morgan fingerprint density at radius 1 is 0.944 bits per heavy atom. The first-order valence-corrected chi connectivity index (χ1v) is 5.75. The Labute approximate surface area is 105 Å². The van der Waals surface area contributed by atoms with Gasteiger partial charge in [-0.25, -0.2) is 4.79 Å². The highest BCUT2D eigenvalue weighted by Crippen LogP contribution is 2.44. The van der Waals surface area contributed by atoms with Crippen LogP contribution in [0.25, 0.3) is 11.1 Å². The van der Waals surface area contributed by atoms with Crippen LogP contribution in [-0.2, 0) is 14.6 Å². The second kappa shape index (κ2) is 4.63. The first-order valence-electron chi connectivity index (χ1n) is 5.75. The first kappa shape index (κ1) is 11.0. The molecule has 0 saturated heterocycles. The quantitative estimate of drug-likeness (QED) is 0.467. The molecule has 89 valence electrons. The van der Waals surface area contributed by atoms with Gasteiger partial charge in [-0.15, -0.1) is 0 Å². The smallest absolute Gasteiger partial charge is 0.285 e. The molecule has 0 spiro atoms. The third kappa shape index (κ3) is 1.69. The highest BCUT2D eigenvalue weighted by molar-refractivity contribution is 5.78. The van der Waals surface area contributed by atoms with Crippen LogP contribution in [0.5, 0.6) is 0 Å². The van der Waals surface area contributed by atoms with E-state index in [2.05, 4.69) is 29.2 Å². The third-order valence-electron chi connectivity index (χ3n) is 3.29. The molecule has 0 unspecified atom stereocenters. The van der Waals surface area contributed by atoms with Crippen LogP contribution in [-0.4, -0.2) is 13.1 Å². The largest absolute Gasteiger partial charge is 0.453 e. The highest BCUT2D eigenvalue weighted by Gasteiger charge is 2.28. The van der Waals surface area contributed by atoms with Crippen LogP contribution in [0.2, 0.25) is 0 Å². The van der Waals surface area contributed by atoms with E-state index < -0.39 is 0 Å². The minimum atomic E-state index is 0.103. The molecule has 0 fully saturated rings. The maximum Gasteiger partial charge on any atom is 0.453 e. The Balaban J connectivity index is 2.01. The van der Waals surface area contributed by atoms with Crippen LogP contribution in [0.15, 0.2) is 48.5 Å². The summed E-state index contributed by atoms with van der Waals surface area (Å²) in [4.78, 5) is 19.1. The van der Waals surface area contributed by atoms with Crippen LogP contribution >= 0.6 is 0 Å². The average Bonchev–Trinajstić information content (AvgIpc) is 2.74. The van der Waals surface area contributed by atoms with Crippen molar-refractivity contribution in [2.75, 3.05) is 6.61 Å². The number of carbonyl (C=O) groups excluding carboxylic acids is 1. The van der Waals surface area contributed by atoms with Gasteiger partial charge in [0.1, 0.15) is 6.61 Å². The van der Waals surface area contributed by atoms with E-state index in [1.807, 2.05) is 24.3 Å². The van der Waals surface area contributed by atoms with Gasteiger partial charge in [-0.05, 0) is 22.3 Å². The lowest BCUT2D eigenvalue weighted by atomic mass is 9.98. The molecular formula is C15H11O3. The molecule has 3 nitrogen and oxygen atoms in total. The van der Waals surface area contributed by atoms with Crippen molar-refractivity contribution < 1.29 is 14.6 Å². The van der Waals surface area contributed by atoms with Gasteiger partial charge in [0.15, 0.2) is 0 Å². The molecule has 18 heavy (non-hydrogen) atoms. The van der Waals surface area contributed by atoms with E-state index >= 15 is 0 Å². The van der Waals surface area contributed by atoms with Gasteiger partial charge in [-0.1, -0.05) is 48.5 Å². The zero-order chi connectivity index (χ0) is 12.4. The normalized spacial score (nSPS) is 12.9. The number of benzene rings is 2. The molecule has 1 aliphatic rings. The molecule has 2 aromatic carbocycles. The van der Waals surface area contributed by atoms with Crippen LogP contribution < -0.4 is 0 Å². The topological polar surface area (TPSA) is 35.5 Å². The summed E-state index contributed by atoms with van der Waals surface area (Å²) < 4.78 is 0. The van der Waals surface area contributed by atoms with Crippen molar-refractivity contribution in [3.63, 3.8) is 0 Å². The van der Waals surface area contributed by atoms with Gasteiger partial charge in [0.05, 0.1) is 0 Å². The summed E-state index contributed by atoms with van der Waals surface area (Å²) in [6.45, 7) is 1.58. The van der Waals surface area contributed by atoms with E-state index in [1.54, 1.807) is 0 Å². The molecule has 0 heterocycles. The van der Waals surface area contributed by atoms with Crippen molar-refractivity contribution in [3.8, 4) is 11.1 Å². The fourth-order valence-electron chi connectivity index (χ4n) is 2.57. The SMILES string of the molecule is O=[C]OOCC1c2ccccc2-c2ccccc21. The molecule has 3 rings (SSSR count). The molecule has 1 radical (unpaired) electrons. The Kier molecular flexibility index (Phi) is 2.82. The van der Waals surface area contributed by atoms with Gasteiger partial charge in [0.25, 0.3) is 0 Å². The van der Waals surface area contributed by atoms with Gasteiger partial charge in [-0.3, -0.25) is 4.89 Å². The zero-order valence-electron chi connectivity index (χ0n) is 9.63. The van der Waals surface area contributed by atoms with Crippen LogP contribution in [0.4, 0.5) is 0 Å². The van der Waals surface area contributed by atoms with Gasteiger partial charge >= 0.3 is 6.47 Å². The van der Waals surface area contributed by atoms with Gasteiger partial charge in [0.2, 0.25) is 0 Å². The second-order valence-corrected chi connectivity index (χ2v) is 4.18. The van der Waals surface area contributed by atoms with Crippen LogP contribution in [0.1, 0.15) is 17.0 Å². The van der Waals surface area contributed by atoms with Gasteiger partial charge in [-0.2, -0.15) is 4.89 Å². The fourth-order valence-corrected chi connectivity index (χ4v) is 2.57. The molecule has 0 aliphatic heterocycles. The lowest BCUT2D eigenvalue weighted by molar-refractivity contribution is -0.223.